The molecule has 90 valence electrons. The number of halogens is 3. The first-order valence-corrected chi connectivity index (χ1v) is 4.75. The van der Waals surface area contributed by atoms with E-state index in [1.165, 1.54) is 6.07 Å². The van der Waals surface area contributed by atoms with Crippen LogP contribution in [0.3, 0.4) is 0 Å². The van der Waals surface area contributed by atoms with E-state index in [4.69, 9.17) is 5.11 Å². The number of benzene rings is 1. The molecule has 0 aliphatic heterocycles. The van der Waals surface area contributed by atoms with Crippen LogP contribution in [0.15, 0.2) is 18.2 Å². The first-order valence-electron chi connectivity index (χ1n) is 4.75. The molecule has 0 unspecified atom stereocenters. The van der Waals surface area contributed by atoms with Crippen LogP contribution >= 0.6 is 0 Å². The third-order valence-electron chi connectivity index (χ3n) is 1.96. The van der Waals surface area contributed by atoms with E-state index in [0.29, 0.717) is 0 Å². The number of hydrogen-bond donors (Lipinski definition) is 1. The highest BCUT2D eigenvalue weighted by molar-refractivity contribution is 5.78. The zero-order chi connectivity index (χ0) is 12.9. The Labute approximate surface area is 96.1 Å². The van der Waals surface area contributed by atoms with Gasteiger partial charge in [-0.25, -0.2) is 0 Å². The molecule has 0 bridgehead atoms. The van der Waals surface area contributed by atoms with Crippen molar-refractivity contribution in [2.45, 2.75) is 12.6 Å². The first-order chi connectivity index (χ1) is 7.99. The van der Waals surface area contributed by atoms with Gasteiger partial charge in [-0.2, -0.15) is 13.2 Å². The van der Waals surface area contributed by atoms with E-state index in [-0.39, 0.29) is 24.9 Å². The zero-order valence-electron chi connectivity index (χ0n) is 8.71. The normalized spacial score (nSPS) is 10.6. The third-order valence-corrected chi connectivity index (χ3v) is 1.96. The van der Waals surface area contributed by atoms with E-state index in [1.807, 2.05) is 0 Å². The zero-order valence-corrected chi connectivity index (χ0v) is 8.71. The molecule has 1 rings (SSSR count). The van der Waals surface area contributed by atoms with Gasteiger partial charge < -0.3 is 5.11 Å². The average molecular weight is 242 g/mol. The number of aldehydes is 1. The molecule has 0 atom stereocenters. The maximum atomic E-state index is 12.6. The smallest absolute Gasteiger partial charge is 0.395 e. The summed E-state index contributed by atoms with van der Waals surface area (Å²) in [6.45, 7) is -0.147. The summed E-state index contributed by atoms with van der Waals surface area (Å²) in [6.07, 6.45) is -4.23. The lowest BCUT2D eigenvalue weighted by atomic mass is 10.0. The van der Waals surface area contributed by atoms with Crippen LogP contribution in [0.5, 0.6) is 0 Å². The second-order valence-electron chi connectivity index (χ2n) is 3.19. The summed E-state index contributed by atoms with van der Waals surface area (Å²) in [5, 5.41) is 8.48. The van der Waals surface area contributed by atoms with Crippen LogP contribution in [-0.4, -0.2) is 18.0 Å². The van der Waals surface area contributed by atoms with Crippen LogP contribution in [-0.2, 0) is 6.18 Å². The monoisotopic (exact) mass is 242 g/mol. The summed E-state index contributed by atoms with van der Waals surface area (Å²) in [6, 6.07) is 3.25. The lowest BCUT2D eigenvalue weighted by molar-refractivity contribution is -0.137. The molecule has 0 saturated heterocycles. The minimum Gasteiger partial charge on any atom is -0.395 e. The molecule has 1 N–H and O–H groups in total. The van der Waals surface area contributed by atoms with Crippen LogP contribution in [0.1, 0.15) is 27.9 Å². The van der Waals surface area contributed by atoms with Crippen molar-refractivity contribution in [2.24, 2.45) is 0 Å². The Morgan fingerprint density at radius 2 is 2.06 bits per heavy atom. The average Bonchev–Trinajstić information content (AvgIpc) is 2.28. The van der Waals surface area contributed by atoms with Gasteiger partial charge in [0, 0.05) is 17.5 Å². The molecule has 0 radical (unpaired) electrons. The summed E-state index contributed by atoms with van der Waals surface area (Å²) >= 11 is 0. The van der Waals surface area contributed by atoms with Crippen molar-refractivity contribution >= 4 is 6.29 Å². The van der Waals surface area contributed by atoms with Crippen LogP contribution in [0, 0.1) is 11.8 Å². The van der Waals surface area contributed by atoms with Gasteiger partial charge >= 0.3 is 6.18 Å². The van der Waals surface area contributed by atoms with Gasteiger partial charge in [0.25, 0.3) is 0 Å². The molecule has 0 amide bonds. The number of carbonyl (C=O) groups is 1. The SMILES string of the molecule is O=Cc1ccc(C#CCCO)cc1C(F)(F)F. The lowest BCUT2D eigenvalue weighted by Crippen LogP contribution is -2.09. The number of aliphatic hydroxyl groups excluding tert-OH is 1. The predicted octanol–water partition coefficient (Wildman–Crippen LogP) is 2.25. The molecule has 0 aliphatic rings. The lowest BCUT2D eigenvalue weighted by Gasteiger charge is -2.09. The third kappa shape index (κ3) is 3.61. The Morgan fingerprint density at radius 1 is 1.35 bits per heavy atom. The van der Waals surface area contributed by atoms with Gasteiger partial charge in [-0.15, -0.1) is 0 Å². The molecule has 1 aromatic carbocycles. The van der Waals surface area contributed by atoms with Crippen LogP contribution in [0.2, 0.25) is 0 Å². The fraction of sp³-hybridized carbons (Fsp3) is 0.250. The Morgan fingerprint density at radius 3 is 2.59 bits per heavy atom. The topological polar surface area (TPSA) is 37.3 Å². The second kappa shape index (κ2) is 5.51. The molecule has 1 aromatic rings. The molecule has 17 heavy (non-hydrogen) atoms. The maximum absolute atomic E-state index is 12.6. The predicted molar refractivity (Wildman–Crippen MR) is 55.4 cm³/mol. The summed E-state index contributed by atoms with van der Waals surface area (Å²) < 4.78 is 37.7. The van der Waals surface area contributed by atoms with Gasteiger partial charge in [0.05, 0.1) is 12.2 Å². The molecule has 0 saturated carbocycles. The van der Waals surface area contributed by atoms with Gasteiger partial charge in [0.1, 0.15) is 0 Å². The van der Waals surface area contributed by atoms with Gasteiger partial charge in [-0.05, 0) is 18.2 Å². The van der Waals surface area contributed by atoms with Gasteiger partial charge in [-0.1, -0.05) is 11.8 Å². The van der Waals surface area contributed by atoms with Crippen molar-refractivity contribution < 1.29 is 23.1 Å². The van der Waals surface area contributed by atoms with E-state index >= 15 is 0 Å². The molecular weight excluding hydrogens is 233 g/mol. The summed E-state index contributed by atoms with van der Waals surface area (Å²) in [5.74, 6) is 5.00. The van der Waals surface area contributed by atoms with Gasteiger partial charge in [0.2, 0.25) is 0 Å². The van der Waals surface area contributed by atoms with E-state index in [0.717, 1.165) is 12.1 Å². The first kappa shape index (κ1) is 13.3. The van der Waals surface area contributed by atoms with Gasteiger partial charge in [0.15, 0.2) is 6.29 Å². The minimum absolute atomic E-state index is 0.147. The highest BCUT2D eigenvalue weighted by Gasteiger charge is 2.33. The standard InChI is InChI=1S/C12H9F3O2/c13-12(14,15)11-7-9(3-1-2-6-16)4-5-10(11)8-17/h4-5,7-8,16H,2,6H2. The van der Waals surface area contributed by atoms with Crippen LogP contribution in [0.25, 0.3) is 0 Å². The molecule has 0 aliphatic carbocycles. The number of carbonyl (C=O) groups excluding carboxylic acids is 1. The van der Waals surface area contributed by atoms with E-state index in [2.05, 4.69) is 11.8 Å². The molecule has 0 spiro atoms. The van der Waals surface area contributed by atoms with Crippen molar-refractivity contribution in [3.63, 3.8) is 0 Å². The van der Waals surface area contributed by atoms with Crippen molar-refractivity contribution in [3.05, 3.63) is 34.9 Å². The van der Waals surface area contributed by atoms with Gasteiger partial charge in [-0.3, -0.25) is 4.79 Å². The molecule has 0 fully saturated rings. The summed E-state index contributed by atoms with van der Waals surface area (Å²) in [5.41, 5.74) is -1.25. The molecule has 5 heteroatoms. The highest BCUT2D eigenvalue weighted by atomic mass is 19.4. The van der Waals surface area contributed by atoms with Crippen molar-refractivity contribution in [1.29, 1.82) is 0 Å². The Bertz CT molecular complexity index is 467. The second-order valence-corrected chi connectivity index (χ2v) is 3.19. The largest absolute Gasteiger partial charge is 0.417 e. The van der Waals surface area contributed by atoms with Crippen LogP contribution in [0.4, 0.5) is 13.2 Å². The number of rotatable bonds is 2. The Hall–Kier alpha value is -1.80. The van der Waals surface area contributed by atoms with E-state index in [1.54, 1.807) is 0 Å². The van der Waals surface area contributed by atoms with Crippen molar-refractivity contribution in [2.75, 3.05) is 6.61 Å². The molecular formula is C12H9F3O2. The maximum Gasteiger partial charge on any atom is 0.417 e. The quantitative estimate of drug-likeness (QED) is 0.638. The Kier molecular flexibility index (Phi) is 4.30. The fourth-order valence-corrected chi connectivity index (χ4v) is 1.20. The molecule has 2 nitrogen and oxygen atoms in total. The van der Waals surface area contributed by atoms with E-state index < -0.39 is 17.3 Å². The highest BCUT2D eigenvalue weighted by Crippen LogP contribution is 2.31. The van der Waals surface area contributed by atoms with Crippen molar-refractivity contribution in [3.8, 4) is 11.8 Å². The Balaban J connectivity index is 3.15. The summed E-state index contributed by atoms with van der Waals surface area (Å²) in [7, 11) is 0. The molecule has 0 aromatic heterocycles. The number of alkyl halides is 3. The fourth-order valence-electron chi connectivity index (χ4n) is 1.20. The minimum atomic E-state index is -4.58. The number of hydrogen-bond acceptors (Lipinski definition) is 2. The van der Waals surface area contributed by atoms with E-state index in [9.17, 15) is 18.0 Å². The van der Waals surface area contributed by atoms with Crippen molar-refractivity contribution in [1.82, 2.24) is 0 Å². The van der Waals surface area contributed by atoms with Crippen LogP contribution < -0.4 is 0 Å². The summed E-state index contributed by atoms with van der Waals surface area (Å²) in [4.78, 5) is 10.5. The molecule has 0 heterocycles. The number of aliphatic hydroxyl groups is 1.